The van der Waals surface area contributed by atoms with Gasteiger partial charge in [-0.1, -0.05) is 30.3 Å². The van der Waals surface area contributed by atoms with Gasteiger partial charge in [-0.2, -0.15) is 0 Å². The fourth-order valence-electron chi connectivity index (χ4n) is 5.20. The molecule has 2 aromatic rings. The van der Waals surface area contributed by atoms with E-state index in [2.05, 4.69) is 31.7 Å². The average molecular weight is 478 g/mol. The summed E-state index contributed by atoms with van der Waals surface area (Å²) < 4.78 is 6.24. The van der Waals surface area contributed by atoms with Gasteiger partial charge in [-0.15, -0.1) is 0 Å². The molecule has 0 unspecified atom stereocenters. The van der Waals surface area contributed by atoms with Crippen molar-refractivity contribution in [3.8, 4) is 16.9 Å². The normalized spacial score (nSPS) is 26.8. The molecule has 0 atom stereocenters. The highest BCUT2D eigenvalue weighted by molar-refractivity contribution is 5.85. The maximum Gasteiger partial charge on any atom is 0.328 e. The molecule has 0 aromatic heterocycles. The predicted molar refractivity (Wildman–Crippen MR) is 132 cm³/mol. The molecule has 0 aliphatic carbocycles. The zero-order chi connectivity index (χ0) is 24.4. The highest BCUT2D eigenvalue weighted by atomic mass is 16.5. The number of carbonyl (C=O) groups is 2. The summed E-state index contributed by atoms with van der Waals surface area (Å²) in [5.74, 6) is -0.368. The van der Waals surface area contributed by atoms with Crippen molar-refractivity contribution in [1.29, 1.82) is 0 Å². The number of benzene rings is 2. The van der Waals surface area contributed by atoms with Crippen molar-refractivity contribution in [3.05, 3.63) is 59.7 Å². The Kier molecular flexibility index (Phi) is 6.83. The van der Waals surface area contributed by atoms with Gasteiger partial charge in [0.2, 0.25) is 5.91 Å². The lowest BCUT2D eigenvalue weighted by atomic mass is 9.98. The molecule has 6 rings (SSSR count). The number of amides is 1. The summed E-state index contributed by atoms with van der Waals surface area (Å²) in [6.07, 6.45) is 4.74. The van der Waals surface area contributed by atoms with Crippen molar-refractivity contribution >= 4 is 18.0 Å². The van der Waals surface area contributed by atoms with Crippen LogP contribution in [0.15, 0.2) is 48.5 Å². The number of unbranched alkanes of at least 4 members (excludes halogenated alkanes) is 1. The molecule has 35 heavy (non-hydrogen) atoms. The molecule has 9 heteroatoms. The molecule has 2 aromatic carbocycles. The zero-order valence-electron chi connectivity index (χ0n) is 19.7. The second-order valence-corrected chi connectivity index (χ2v) is 9.42. The first-order valence-electron chi connectivity index (χ1n) is 12.0. The lowest BCUT2D eigenvalue weighted by Gasteiger charge is -2.60. The number of hydrogen-bond acceptors (Lipinski definition) is 7. The van der Waals surface area contributed by atoms with Crippen LogP contribution in [0.5, 0.6) is 5.75 Å². The molecular formula is C26H31N5O4. The number of nitrogens with zero attached hydrogens (tertiary/aromatic N) is 4. The summed E-state index contributed by atoms with van der Waals surface area (Å²) in [5.41, 5.74) is 9.40. The quantitative estimate of drug-likeness (QED) is 0.398. The highest BCUT2D eigenvalue weighted by Crippen LogP contribution is 2.41. The van der Waals surface area contributed by atoms with Gasteiger partial charge >= 0.3 is 5.97 Å². The molecule has 4 fully saturated rings. The van der Waals surface area contributed by atoms with Crippen LogP contribution in [0.2, 0.25) is 0 Å². The van der Waals surface area contributed by atoms with E-state index >= 15 is 0 Å². The predicted octanol–water partition coefficient (Wildman–Crippen LogP) is 2.52. The summed E-state index contributed by atoms with van der Waals surface area (Å²) in [4.78, 5) is 31.6. The first kappa shape index (κ1) is 23.5. The van der Waals surface area contributed by atoms with Crippen LogP contribution in [-0.4, -0.2) is 76.5 Å². The zero-order valence-corrected chi connectivity index (χ0v) is 19.7. The van der Waals surface area contributed by atoms with Gasteiger partial charge in [-0.3, -0.25) is 24.4 Å². The molecule has 4 aliphatic rings. The molecule has 3 N–H and O–H groups in total. The second kappa shape index (κ2) is 10.2. The fraction of sp³-hybridized carbons (Fsp3) is 0.385. The van der Waals surface area contributed by atoms with Crippen molar-refractivity contribution in [2.45, 2.75) is 25.4 Å². The average Bonchev–Trinajstić information content (AvgIpc) is 2.82. The van der Waals surface area contributed by atoms with Crippen LogP contribution >= 0.6 is 0 Å². The smallest absolute Gasteiger partial charge is 0.328 e. The molecule has 9 nitrogen and oxygen atoms in total. The van der Waals surface area contributed by atoms with Gasteiger partial charge in [0.1, 0.15) is 5.75 Å². The van der Waals surface area contributed by atoms with Crippen molar-refractivity contribution in [1.82, 2.24) is 19.6 Å². The minimum absolute atomic E-state index is 0.140. The monoisotopic (exact) mass is 477 g/mol. The number of rotatable bonds is 10. The second-order valence-electron chi connectivity index (χ2n) is 9.42. The van der Waals surface area contributed by atoms with E-state index in [0.29, 0.717) is 13.0 Å². The van der Waals surface area contributed by atoms with Crippen LogP contribution in [0.25, 0.3) is 17.2 Å². The molecule has 0 spiro atoms. The van der Waals surface area contributed by atoms with Gasteiger partial charge in [0.25, 0.3) is 0 Å². The van der Waals surface area contributed by atoms with E-state index in [-0.39, 0.29) is 12.1 Å². The number of primary amides is 1. The molecule has 4 bridgehead atoms. The Morgan fingerprint density at radius 1 is 0.943 bits per heavy atom. The minimum atomic E-state index is -0.961. The van der Waals surface area contributed by atoms with Crippen molar-refractivity contribution < 1.29 is 19.4 Å². The van der Waals surface area contributed by atoms with Gasteiger partial charge < -0.3 is 15.6 Å². The van der Waals surface area contributed by atoms with Crippen LogP contribution in [0.1, 0.15) is 36.6 Å². The number of nitrogens with two attached hydrogens (primary N) is 1. The molecule has 1 amide bonds. The Labute approximate surface area is 205 Å². The summed E-state index contributed by atoms with van der Waals surface area (Å²) in [6, 6.07) is 14.2. The Morgan fingerprint density at radius 3 is 2.23 bits per heavy atom. The molecular weight excluding hydrogens is 446 g/mol. The van der Waals surface area contributed by atoms with E-state index in [9.17, 15) is 9.59 Å². The molecule has 0 radical (unpaired) electrons. The van der Waals surface area contributed by atoms with Crippen molar-refractivity contribution in [3.63, 3.8) is 0 Å². The molecule has 4 heterocycles. The number of carbonyl (C=O) groups excluding carboxylic acids is 1. The van der Waals surface area contributed by atoms with Gasteiger partial charge in [-0.25, -0.2) is 4.79 Å². The standard InChI is InChI=1S/C26H31N5O4/c27-24(32)3-1-2-12-35-23-10-9-21(20-7-4-19(5-8-20)6-11-25(33)34)13-22(23)26-30-15-28-14-29(17-30)18-31(26)16-28/h4-11,13,26H,1-3,12,14-18H2,(H2,27,32)(H,33,34)/b11-6+. The summed E-state index contributed by atoms with van der Waals surface area (Å²) in [5, 5.41) is 8.86. The van der Waals surface area contributed by atoms with Crippen LogP contribution < -0.4 is 10.5 Å². The van der Waals surface area contributed by atoms with E-state index in [1.165, 1.54) is 0 Å². The topological polar surface area (TPSA) is 103 Å². The summed E-state index contributed by atoms with van der Waals surface area (Å²) in [6.45, 7) is 5.30. The first-order valence-corrected chi connectivity index (χ1v) is 12.0. The maximum absolute atomic E-state index is 11.0. The molecule has 4 saturated heterocycles. The Balaban J connectivity index is 1.40. The number of hydrogen-bond donors (Lipinski definition) is 2. The SMILES string of the molecule is NC(=O)CCCCOc1ccc(-c2ccc(/C=C/C(=O)O)cc2)cc1C1N2CN3CN(C2)CN1C3. The maximum atomic E-state index is 11.0. The van der Waals surface area contributed by atoms with Gasteiger partial charge in [0.05, 0.1) is 46.1 Å². The lowest BCUT2D eigenvalue weighted by molar-refractivity contribution is -0.233. The Morgan fingerprint density at radius 2 is 1.60 bits per heavy atom. The third-order valence-corrected chi connectivity index (χ3v) is 6.64. The van der Waals surface area contributed by atoms with E-state index in [0.717, 1.165) is 80.3 Å². The number of aliphatic carboxylic acids is 1. The Bertz CT molecular complexity index is 1090. The largest absolute Gasteiger partial charge is 0.493 e. The third-order valence-electron chi connectivity index (χ3n) is 6.64. The molecule has 4 aliphatic heterocycles. The molecule has 0 saturated carbocycles. The summed E-state index contributed by atoms with van der Waals surface area (Å²) in [7, 11) is 0. The first-order chi connectivity index (χ1) is 17.0. The van der Waals surface area contributed by atoms with Crippen LogP contribution in [0.4, 0.5) is 0 Å². The van der Waals surface area contributed by atoms with Crippen LogP contribution in [-0.2, 0) is 9.59 Å². The minimum Gasteiger partial charge on any atom is -0.493 e. The summed E-state index contributed by atoms with van der Waals surface area (Å²) >= 11 is 0. The number of carboxylic acid groups (broad SMARTS) is 1. The number of carboxylic acids is 1. The fourth-order valence-corrected chi connectivity index (χ4v) is 5.20. The van der Waals surface area contributed by atoms with E-state index < -0.39 is 5.97 Å². The lowest BCUT2D eigenvalue weighted by Crippen LogP contribution is -2.72. The van der Waals surface area contributed by atoms with Gasteiger partial charge in [0.15, 0.2) is 0 Å². The highest BCUT2D eigenvalue weighted by Gasteiger charge is 2.45. The van der Waals surface area contributed by atoms with Gasteiger partial charge in [0, 0.05) is 18.1 Å². The number of ether oxygens (including phenoxy) is 1. The van der Waals surface area contributed by atoms with E-state index in [1.807, 2.05) is 30.3 Å². The van der Waals surface area contributed by atoms with Crippen molar-refractivity contribution in [2.75, 3.05) is 40.0 Å². The Hall–Kier alpha value is -3.24. The van der Waals surface area contributed by atoms with Crippen molar-refractivity contribution in [2.24, 2.45) is 5.73 Å². The van der Waals surface area contributed by atoms with E-state index in [4.69, 9.17) is 15.6 Å². The van der Waals surface area contributed by atoms with E-state index in [1.54, 1.807) is 6.08 Å². The van der Waals surface area contributed by atoms with Gasteiger partial charge in [-0.05, 0) is 47.7 Å². The molecule has 184 valence electrons. The third kappa shape index (κ3) is 5.38. The van der Waals surface area contributed by atoms with Crippen LogP contribution in [0, 0.1) is 0 Å². The van der Waals surface area contributed by atoms with Crippen LogP contribution in [0.3, 0.4) is 0 Å².